The number of nitrogens with one attached hydrogen (secondary N) is 1. The lowest BCUT2D eigenvalue weighted by molar-refractivity contribution is -0.117. The van der Waals surface area contributed by atoms with E-state index < -0.39 is 0 Å². The molecule has 0 bridgehead atoms. The minimum Gasteiger partial charge on any atom is -0.332 e. The molecule has 0 saturated carbocycles. The maximum Gasteiger partial charge on any atom is 0.264 e. The van der Waals surface area contributed by atoms with Gasteiger partial charge in [0.15, 0.2) is 0 Å². The van der Waals surface area contributed by atoms with Crippen molar-refractivity contribution in [3.05, 3.63) is 46.7 Å². The highest BCUT2D eigenvalue weighted by atomic mass is 32.1. The molecule has 1 aliphatic rings. The lowest BCUT2D eigenvalue weighted by Crippen LogP contribution is -2.34. The maximum absolute atomic E-state index is 12.1. The molecule has 6 nitrogen and oxygen atoms in total. The van der Waals surface area contributed by atoms with Crippen LogP contribution in [0.25, 0.3) is 0 Å². The van der Waals surface area contributed by atoms with Gasteiger partial charge in [-0.25, -0.2) is 0 Å². The molecule has 0 radical (unpaired) electrons. The molecular formula is C18H19N3O3S. The topological polar surface area (TPSA) is 69.7 Å². The number of hydrogen-bond donors (Lipinski definition) is 1. The van der Waals surface area contributed by atoms with E-state index in [1.807, 2.05) is 17.5 Å². The third-order valence-electron chi connectivity index (χ3n) is 4.00. The summed E-state index contributed by atoms with van der Waals surface area (Å²) < 4.78 is 0. The number of anilines is 2. The average molecular weight is 357 g/mol. The van der Waals surface area contributed by atoms with E-state index in [2.05, 4.69) is 5.32 Å². The number of thiophene rings is 1. The average Bonchev–Trinajstić information content (AvgIpc) is 3.26. The highest BCUT2D eigenvalue weighted by Crippen LogP contribution is 2.23. The van der Waals surface area contributed by atoms with Gasteiger partial charge < -0.3 is 15.1 Å². The summed E-state index contributed by atoms with van der Waals surface area (Å²) in [6.45, 7) is 0.712. The summed E-state index contributed by atoms with van der Waals surface area (Å²) in [7, 11) is 1.60. The zero-order valence-corrected chi connectivity index (χ0v) is 14.7. The molecule has 25 heavy (non-hydrogen) atoms. The number of hydrogen-bond acceptors (Lipinski definition) is 4. The van der Waals surface area contributed by atoms with Crippen LogP contribution in [0.2, 0.25) is 0 Å². The van der Waals surface area contributed by atoms with Crippen molar-refractivity contribution in [2.75, 3.05) is 30.4 Å². The van der Waals surface area contributed by atoms with Crippen molar-refractivity contribution < 1.29 is 14.4 Å². The Morgan fingerprint density at radius 3 is 2.60 bits per heavy atom. The van der Waals surface area contributed by atoms with Crippen molar-refractivity contribution in [1.82, 2.24) is 4.90 Å². The summed E-state index contributed by atoms with van der Waals surface area (Å²) in [6.07, 6.45) is 1.46. The molecule has 1 aromatic heterocycles. The van der Waals surface area contributed by atoms with Crippen LogP contribution < -0.4 is 10.2 Å². The van der Waals surface area contributed by atoms with E-state index in [0.717, 1.165) is 18.7 Å². The normalized spacial score (nSPS) is 13.8. The number of likely N-dealkylation sites (N-methyl/N-ethyl adjacent to an activating group) is 1. The Hall–Kier alpha value is -2.67. The minimum atomic E-state index is -0.266. The Kier molecular flexibility index (Phi) is 5.14. The largest absolute Gasteiger partial charge is 0.332 e. The fraction of sp³-hybridized carbons (Fsp3) is 0.278. The monoisotopic (exact) mass is 357 g/mol. The predicted molar refractivity (Wildman–Crippen MR) is 97.9 cm³/mol. The summed E-state index contributed by atoms with van der Waals surface area (Å²) in [6, 6.07) is 10.7. The first-order chi connectivity index (χ1) is 12.0. The lowest BCUT2D eigenvalue weighted by atomic mass is 10.2. The molecule has 1 N–H and O–H groups in total. The molecule has 2 heterocycles. The van der Waals surface area contributed by atoms with Gasteiger partial charge in [-0.05, 0) is 42.1 Å². The number of nitrogens with zero attached hydrogens (tertiary/aromatic N) is 2. The van der Waals surface area contributed by atoms with Crippen LogP contribution in [0.15, 0.2) is 41.8 Å². The number of rotatable bonds is 5. The molecule has 1 fully saturated rings. The summed E-state index contributed by atoms with van der Waals surface area (Å²) in [5.41, 5.74) is 1.47. The maximum atomic E-state index is 12.1. The van der Waals surface area contributed by atoms with Gasteiger partial charge in [-0.3, -0.25) is 14.4 Å². The van der Waals surface area contributed by atoms with E-state index in [1.165, 1.54) is 16.2 Å². The van der Waals surface area contributed by atoms with Crippen molar-refractivity contribution in [3.63, 3.8) is 0 Å². The van der Waals surface area contributed by atoms with Gasteiger partial charge >= 0.3 is 0 Å². The number of carbonyl (C=O) groups is 3. The van der Waals surface area contributed by atoms with Crippen LogP contribution in [-0.2, 0) is 9.59 Å². The van der Waals surface area contributed by atoms with E-state index in [-0.39, 0.29) is 24.3 Å². The predicted octanol–water partition coefficient (Wildman–Crippen LogP) is 2.59. The quantitative estimate of drug-likeness (QED) is 0.894. The molecule has 3 amide bonds. The van der Waals surface area contributed by atoms with Gasteiger partial charge in [0.25, 0.3) is 5.91 Å². The van der Waals surface area contributed by atoms with Crippen LogP contribution in [0.1, 0.15) is 22.5 Å². The molecule has 7 heteroatoms. The van der Waals surface area contributed by atoms with Gasteiger partial charge in [-0.15, -0.1) is 11.3 Å². The van der Waals surface area contributed by atoms with E-state index in [9.17, 15) is 14.4 Å². The molecule has 1 aromatic carbocycles. The first-order valence-corrected chi connectivity index (χ1v) is 8.92. The second kappa shape index (κ2) is 7.48. The smallest absolute Gasteiger partial charge is 0.264 e. The van der Waals surface area contributed by atoms with Gasteiger partial charge in [-0.1, -0.05) is 6.07 Å². The third-order valence-corrected chi connectivity index (χ3v) is 4.85. The lowest BCUT2D eigenvalue weighted by Gasteiger charge is -2.17. The SMILES string of the molecule is CN(CC(=O)Nc1ccc(N2CCCC2=O)cc1)C(=O)c1cccs1. The first kappa shape index (κ1) is 17.2. The summed E-state index contributed by atoms with van der Waals surface area (Å²) >= 11 is 1.35. The van der Waals surface area contributed by atoms with Crippen LogP contribution in [0, 0.1) is 0 Å². The summed E-state index contributed by atoms with van der Waals surface area (Å²) in [5, 5.41) is 4.60. The van der Waals surface area contributed by atoms with E-state index >= 15 is 0 Å². The van der Waals surface area contributed by atoms with Gasteiger partial charge in [0.05, 0.1) is 11.4 Å². The fourth-order valence-corrected chi connectivity index (χ4v) is 3.44. The number of amides is 3. The van der Waals surface area contributed by atoms with Crippen LogP contribution in [0.4, 0.5) is 11.4 Å². The second-order valence-corrected chi connectivity index (χ2v) is 6.83. The van der Waals surface area contributed by atoms with Gasteiger partial charge in [0, 0.05) is 31.4 Å². The molecule has 2 aromatic rings. The van der Waals surface area contributed by atoms with Gasteiger partial charge in [0.1, 0.15) is 0 Å². The molecule has 1 aliphatic heterocycles. The number of benzene rings is 1. The Balaban J connectivity index is 1.56. The molecule has 0 atom stereocenters. The molecule has 130 valence electrons. The number of carbonyl (C=O) groups excluding carboxylic acids is 3. The Morgan fingerprint density at radius 2 is 2.00 bits per heavy atom. The van der Waals surface area contributed by atoms with Crippen molar-refractivity contribution in [1.29, 1.82) is 0 Å². The van der Waals surface area contributed by atoms with Crippen molar-refractivity contribution >= 4 is 40.4 Å². The molecule has 0 spiro atoms. The summed E-state index contributed by atoms with van der Waals surface area (Å²) in [5.74, 6) is -0.309. The highest BCUT2D eigenvalue weighted by Gasteiger charge is 2.21. The highest BCUT2D eigenvalue weighted by molar-refractivity contribution is 7.12. The summed E-state index contributed by atoms with van der Waals surface area (Å²) in [4.78, 5) is 39.7. The van der Waals surface area contributed by atoms with Crippen molar-refractivity contribution in [3.8, 4) is 0 Å². The second-order valence-electron chi connectivity index (χ2n) is 5.88. The van der Waals surface area contributed by atoms with Gasteiger partial charge in [0.2, 0.25) is 11.8 Å². The zero-order valence-electron chi connectivity index (χ0n) is 13.9. The molecule has 0 aliphatic carbocycles. The molecular weight excluding hydrogens is 338 g/mol. The van der Waals surface area contributed by atoms with Crippen molar-refractivity contribution in [2.45, 2.75) is 12.8 Å². The van der Waals surface area contributed by atoms with E-state index in [4.69, 9.17) is 0 Å². The third kappa shape index (κ3) is 4.06. The zero-order chi connectivity index (χ0) is 17.8. The first-order valence-electron chi connectivity index (χ1n) is 8.04. The van der Waals surface area contributed by atoms with Gasteiger partial charge in [-0.2, -0.15) is 0 Å². The standard InChI is InChI=1S/C18H19N3O3S/c1-20(18(24)15-4-3-11-25-15)12-16(22)19-13-6-8-14(9-7-13)21-10-2-5-17(21)23/h3-4,6-9,11H,2,5,10,12H2,1H3,(H,19,22). The van der Waals surface area contributed by atoms with Crippen LogP contribution in [-0.4, -0.2) is 42.8 Å². The fourth-order valence-electron chi connectivity index (χ4n) is 2.72. The Labute approximate surface area is 150 Å². The minimum absolute atomic E-state index is 0.0247. The van der Waals surface area contributed by atoms with E-state index in [0.29, 0.717) is 17.0 Å². The molecule has 3 rings (SSSR count). The molecule has 1 saturated heterocycles. The van der Waals surface area contributed by atoms with Crippen LogP contribution in [0.3, 0.4) is 0 Å². The molecule has 0 unspecified atom stereocenters. The Morgan fingerprint density at radius 1 is 1.24 bits per heavy atom. The van der Waals surface area contributed by atoms with E-state index in [1.54, 1.807) is 36.2 Å². The van der Waals surface area contributed by atoms with Crippen LogP contribution >= 0.6 is 11.3 Å². The van der Waals surface area contributed by atoms with Crippen LogP contribution in [0.5, 0.6) is 0 Å². The van der Waals surface area contributed by atoms with Crippen molar-refractivity contribution in [2.24, 2.45) is 0 Å². The Bertz CT molecular complexity index is 771.